The number of anilines is 1. The second-order valence-electron chi connectivity index (χ2n) is 4.96. The zero-order chi connectivity index (χ0) is 14.5. The first-order chi connectivity index (χ1) is 9.58. The van der Waals surface area contributed by atoms with Gasteiger partial charge in [0, 0.05) is 50.7 Å². The summed E-state index contributed by atoms with van der Waals surface area (Å²) in [6, 6.07) is 7.66. The fourth-order valence-electron chi connectivity index (χ4n) is 2.05. The molecule has 0 aliphatic heterocycles. The largest absolute Gasteiger partial charge is 0.399 e. The van der Waals surface area contributed by atoms with E-state index in [1.165, 1.54) is 0 Å². The molecular weight excluding hydrogens is 252 g/mol. The van der Waals surface area contributed by atoms with E-state index in [1.54, 1.807) is 25.2 Å². The van der Waals surface area contributed by atoms with Gasteiger partial charge in [0.25, 0.3) is 0 Å². The van der Waals surface area contributed by atoms with E-state index in [4.69, 9.17) is 5.73 Å². The number of nitrogens with zero attached hydrogens (tertiary/aromatic N) is 3. The van der Waals surface area contributed by atoms with Gasteiger partial charge in [0.1, 0.15) is 5.82 Å². The first-order valence-corrected chi connectivity index (χ1v) is 6.65. The van der Waals surface area contributed by atoms with Gasteiger partial charge >= 0.3 is 0 Å². The molecule has 2 rings (SSSR count). The smallest absolute Gasteiger partial charge is 0.222 e. The van der Waals surface area contributed by atoms with E-state index in [0.717, 1.165) is 30.0 Å². The van der Waals surface area contributed by atoms with Crippen molar-refractivity contribution >= 4 is 11.6 Å². The van der Waals surface area contributed by atoms with Crippen molar-refractivity contribution in [1.82, 2.24) is 14.5 Å². The van der Waals surface area contributed by atoms with E-state index in [2.05, 4.69) is 9.55 Å². The Labute approximate surface area is 119 Å². The highest BCUT2D eigenvalue weighted by atomic mass is 16.2. The number of rotatable bonds is 5. The maximum atomic E-state index is 11.6. The van der Waals surface area contributed by atoms with Gasteiger partial charge in [-0.2, -0.15) is 0 Å². The molecule has 0 aliphatic carbocycles. The fourth-order valence-corrected chi connectivity index (χ4v) is 2.05. The van der Waals surface area contributed by atoms with Crippen molar-refractivity contribution < 1.29 is 4.79 Å². The monoisotopic (exact) mass is 272 g/mol. The van der Waals surface area contributed by atoms with Crippen molar-refractivity contribution in [2.45, 2.75) is 19.4 Å². The summed E-state index contributed by atoms with van der Waals surface area (Å²) < 4.78 is 2.05. The zero-order valence-corrected chi connectivity index (χ0v) is 11.9. The normalized spacial score (nSPS) is 10.5. The molecule has 1 aromatic heterocycles. The van der Waals surface area contributed by atoms with Crippen LogP contribution in [0.3, 0.4) is 0 Å². The van der Waals surface area contributed by atoms with Crippen molar-refractivity contribution in [1.29, 1.82) is 0 Å². The lowest BCUT2D eigenvalue weighted by Gasteiger charge is -2.11. The molecule has 0 saturated heterocycles. The molecule has 0 aliphatic rings. The van der Waals surface area contributed by atoms with E-state index in [9.17, 15) is 4.79 Å². The van der Waals surface area contributed by atoms with Crippen molar-refractivity contribution in [3.63, 3.8) is 0 Å². The van der Waals surface area contributed by atoms with Crippen LogP contribution in [0.15, 0.2) is 36.7 Å². The lowest BCUT2D eigenvalue weighted by molar-refractivity contribution is -0.128. The summed E-state index contributed by atoms with van der Waals surface area (Å²) in [5.41, 5.74) is 7.52. The Kier molecular flexibility index (Phi) is 4.40. The SMILES string of the molecule is CN(C)C(=O)CCCn1ccnc1-c1cccc(N)c1. The Bertz CT molecular complexity index is 589. The van der Waals surface area contributed by atoms with Gasteiger partial charge in [0.05, 0.1) is 0 Å². The molecule has 1 heterocycles. The fraction of sp³-hybridized carbons (Fsp3) is 0.333. The second-order valence-corrected chi connectivity index (χ2v) is 4.96. The Hall–Kier alpha value is -2.30. The van der Waals surface area contributed by atoms with Crippen LogP contribution in [0.25, 0.3) is 11.4 Å². The van der Waals surface area contributed by atoms with E-state index < -0.39 is 0 Å². The summed E-state index contributed by atoms with van der Waals surface area (Å²) in [7, 11) is 3.55. The molecule has 0 unspecified atom stereocenters. The standard InChI is InChI=1S/C15H20N4O/c1-18(2)14(20)7-4-9-19-10-8-17-15(19)12-5-3-6-13(16)11-12/h3,5-6,8,10-11H,4,7,9,16H2,1-2H3. The Morgan fingerprint density at radius 3 is 2.90 bits per heavy atom. The maximum absolute atomic E-state index is 11.6. The van der Waals surface area contributed by atoms with E-state index in [0.29, 0.717) is 6.42 Å². The van der Waals surface area contributed by atoms with Crippen molar-refractivity contribution in [3.05, 3.63) is 36.7 Å². The number of hydrogen-bond acceptors (Lipinski definition) is 3. The van der Waals surface area contributed by atoms with Crippen LogP contribution in [0.1, 0.15) is 12.8 Å². The van der Waals surface area contributed by atoms with Crippen LogP contribution in [-0.2, 0) is 11.3 Å². The Balaban J connectivity index is 2.04. The molecule has 106 valence electrons. The number of carbonyl (C=O) groups is 1. The number of hydrogen-bond donors (Lipinski definition) is 1. The number of nitrogen functional groups attached to an aromatic ring is 1. The third kappa shape index (κ3) is 3.38. The van der Waals surface area contributed by atoms with Gasteiger partial charge in [-0.3, -0.25) is 4.79 Å². The average Bonchev–Trinajstić information content (AvgIpc) is 2.87. The van der Waals surface area contributed by atoms with Gasteiger partial charge in [-0.25, -0.2) is 4.98 Å². The predicted molar refractivity (Wildman–Crippen MR) is 80.0 cm³/mol. The molecule has 0 radical (unpaired) electrons. The summed E-state index contributed by atoms with van der Waals surface area (Å²) in [4.78, 5) is 17.5. The molecule has 20 heavy (non-hydrogen) atoms. The molecule has 0 fully saturated rings. The minimum atomic E-state index is 0.149. The molecule has 2 aromatic rings. The van der Waals surface area contributed by atoms with Gasteiger partial charge < -0.3 is 15.2 Å². The van der Waals surface area contributed by atoms with Gasteiger partial charge in [-0.1, -0.05) is 12.1 Å². The van der Waals surface area contributed by atoms with Gasteiger partial charge in [0.2, 0.25) is 5.91 Å². The lowest BCUT2D eigenvalue weighted by Crippen LogP contribution is -2.21. The van der Waals surface area contributed by atoms with Crippen LogP contribution in [0, 0.1) is 0 Å². The molecule has 1 aromatic carbocycles. The number of nitrogens with two attached hydrogens (primary N) is 1. The minimum absolute atomic E-state index is 0.149. The van der Waals surface area contributed by atoms with Crippen LogP contribution < -0.4 is 5.73 Å². The number of carbonyl (C=O) groups excluding carboxylic acids is 1. The zero-order valence-electron chi connectivity index (χ0n) is 11.9. The minimum Gasteiger partial charge on any atom is -0.399 e. The summed E-state index contributed by atoms with van der Waals surface area (Å²) in [6.07, 6.45) is 5.04. The van der Waals surface area contributed by atoms with Crippen LogP contribution in [-0.4, -0.2) is 34.5 Å². The third-order valence-corrected chi connectivity index (χ3v) is 3.15. The molecule has 0 atom stereocenters. The highest BCUT2D eigenvalue weighted by molar-refractivity contribution is 5.75. The quantitative estimate of drug-likeness (QED) is 0.847. The van der Waals surface area contributed by atoms with E-state index >= 15 is 0 Å². The first-order valence-electron chi connectivity index (χ1n) is 6.65. The van der Waals surface area contributed by atoms with Crippen LogP contribution in [0.4, 0.5) is 5.69 Å². The third-order valence-electron chi connectivity index (χ3n) is 3.15. The van der Waals surface area contributed by atoms with Crippen molar-refractivity contribution in [2.24, 2.45) is 0 Å². The molecule has 5 heteroatoms. The van der Waals surface area contributed by atoms with Crippen molar-refractivity contribution in [2.75, 3.05) is 19.8 Å². The molecule has 0 bridgehead atoms. The van der Waals surface area contributed by atoms with Crippen LogP contribution >= 0.6 is 0 Å². The Morgan fingerprint density at radius 1 is 1.40 bits per heavy atom. The molecular formula is C15H20N4O. The van der Waals surface area contributed by atoms with Crippen LogP contribution in [0.2, 0.25) is 0 Å². The highest BCUT2D eigenvalue weighted by Crippen LogP contribution is 2.20. The number of amides is 1. The summed E-state index contributed by atoms with van der Waals surface area (Å²) in [5, 5.41) is 0. The van der Waals surface area contributed by atoms with Crippen LogP contribution in [0.5, 0.6) is 0 Å². The Morgan fingerprint density at radius 2 is 2.20 bits per heavy atom. The number of aromatic nitrogens is 2. The number of imidazole rings is 1. The van der Waals surface area contributed by atoms with E-state index in [-0.39, 0.29) is 5.91 Å². The van der Waals surface area contributed by atoms with Crippen molar-refractivity contribution in [3.8, 4) is 11.4 Å². The molecule has 2 N–H and O–H groups in total. The van der Waals surface area contributed by atoms with Gasteiger partial charge in [-0.15, -0.1) is 0 Å². The second kappa shape index (κ2) is 6.23. The molecule has 0 spiro atoms. The summed E-state index contributed by atoms with van der Waals surface area (Å²) in [6.45, 7) is 0.768. The average molecular weight is 272 g/mol. The maximum Gasteiger partial charge on any atom is 0.222 e. The molecule has 1 amide bonds. The van der Waals surface area contributed by atoms with Gasteiger partial charge in [-0.05, 0) is 18.6 Å². The van der Waals surface area contributed by atoms with Gasteiger partial charge in [0.15, 0.2) is 0 Å². The predicted octanol–water partition coefficient (Wildman–Crippen LogP) is 2.00. The van der Waals surface area contributed by atoms with E-state index in [1.807, 2.05) is 30.5 Å². The lowest BCUT2D eigenvalue weighted by atomic mass is 10.2. The first kappa shape index (κ1) is 14.1. The molecule has 5 nitrogen and oxygen atoms in total. The topological polar surface area (TPSA) is 64.2 Å². The highest BCUT2D eigenvalue weighted by Gasteiger charge is 2.08. The number of aryl methyl sites for hydroxylation is 1. The number of benzene rings is 1. The summed E-state index contributed by atoms with van der Waals surface area (Å²) in [5.74, 6) is 1.03. The summed E-state index contributed by atoms with van der Waals surface area (Å²) >= 11 is 0. The molecule has 0 saturated carbocycles.